The maximum Gasteiger partial charge on any atom is 0.336 e. The smallest absolute Gasteiger partial charge is 0.336 e. The number of aryl methyl sites for hydroxylation is 1. The highest BCUT2D eigenvalue weighted by Crippen LogP contribution is 2.13. The Morgan fingerprint density at radius 3 is 2.71 bits per heavy atom. The van der Waals surface area contributed by atoms with Crippen molar-refractivity contribution in [1.29, 1.82) is 0 Å². The average Bonchev–Trinajstić information content (AvgIpc) is 2.17. The van der Waals surface area contributed by atoms with Gasteiger partial charge in [0.1, 0.15) is 0 Å². The second-order valence-corrected chi connectivity index (χ2v) is 3.25. The zero-order chi connectivity index (χ0) is 10.6. The molecule has 0 aliphatic heterocycles. The third kappa shape index (κ3) is 2.33. The van der Waals surface area contributed by atoms with Crippen molar-refractivity contribution in [2.24, 2.45) is 5.73 Å². The minimum atomic E-state index is -0.909. The van der Waals surface area contributed by atoms with Crippen molar-refractivity contribution in [3.05, 3.63) is 34.9 Å². The number of carboxylic acid groups (broad SMARTS) is 1. The fraction of sp³-hybridized carbons (Fsp3) is 0.364. The van der Waals surface area contributed by atoms with E-state index in [0.717, 1.165) is 18.4 Å². The molecule has 3 nitrogen and oxygen atoms in total. The average molecular weight is 193 g/mol. The first-order valence-electron chi connectivity index (χ1n) is 4.74. The van der Waals surface area contributed by atoms with Crippen LogP contribution in [0.3, 0.4) is 0 Å². The molecule has 0 heterocycles. The Morgan fingerprint density at radius 1 is 1.50 bits per heavy atom. The lowest BCUT2D eigenvalue weighted by Gasteiger charge is -2.06. The normalized spacial score (nSPS) is 10.1. The highest BCUT2D eigenvalue weighted by molar-refractivity contribution is 5.89. The molecule has 0 radical (unpaired) electrons. The van der Waals surface area contributed by atoms with Crippen LogP contribution in [0.5, 0.6) is 0 Å². The summed E-state index contributed by atoms with van der Waals surface area (Å²) in [4.78, 5) is 10.8. The number of nitrogens with two attached hydrogens (primary N) is 1. The number of carboxylic acids is 1. The second kappa shape index (κ2) is 4.77. The molecule has 0 aliphatic carbocycles. The number of rotatable bonds is 4. The molecule has 76 valence electrons. The van der Waals surface area contributed by atoms with Crippen LogP contribution >= 0.6 is 0 Å². The second-order valence-electron chi connectivity index (χ2n) is 3.25. The maximum absolute atomic E-state index is 10.8. The summed E-state index contributed by atoms with van der Waals surface area (Å²) in [6.45, 7) is 2.37. The van der Waals surface area contributed by atoms with Gasteiger partial charge in [0.25, 0.3) is 0 Å². The topological polar surface area (TPSA) is 63.3 Å². The Bertz CT molecular complexity index is 334. The molecular weight excluding hydrogens is 178 g/mol. The number of hydrogen-bond acceptors (Lipinski definition) is 2. The van der Waals surface area contributed by atoms with E-state index >= 15 is 0 Å². The molecule has 1 rings (SSSR count). The standard InChI is InChI=1S/C11H15NO2/c1-2-3-8-4-5-10(11(13)14)9(6-8)7-12/h4-6H,2-3,7,12H2,1H3,(H,13,14). The SMILES string of the molecule is CCCc1ccc(C(=O)O)c(CN)c1. The van der Waals surface area contributed by atoms with E-state index in [1.54, 1.807) is 6.07 Å². The first-order valence-corrected chi connectivity index (χ1v) is 4.74. The Morgan fingerprint density at radius 2 is 2.21 bits per heavy atom. The summed E-state index contributed by atoms with van der Waals surface area (Å²) in [7, 11) is 0. The monoisotopic (exact) mass is 193 g/mol. The fourth-order valence-corrected chi connectivity index (χ4v) is 1.47. The first-order chi connectivity index (χ1) is 6.69. The van der Waals surface area contributed by atoms with Gasteiger partial charge in [0, 0.05) is 6.54 Å². The number of aromatic carboxylic acids is 1. The lowest BCUT2D eigenvalue weighted by molar-refractivity contribution is 0.0695. The largest absolute Gasteiger partial charge is 0.478 e. The van der Waals surface area contributed by atoms with E-state index in [1.807, 2.05) is 12.1 Å². The number of hydrogen-bond donors (Lipinski definition) is 2. The quantitative estimate of drug-likeness (QED) is 0.766. The molecular formula is C11H15NO2. The van der Waals surface area contributed by atoms with E-state index in [4.69, 9.17) is 10.8 Å². The Kier molecular flexibility index (Phi) is 3.65. The van der Waals surface area contributed by atoms with Crippen LogP contribution in [0, 0.1) is 0 Å². The minimum Gasteiger partial charge on any atom is -0.478 e. The van der Waals surface area contributed by atoms with Crippen molar-refractivity contribution >= 4 is 5.97 Å². The van der Waals surface area contributed by atoms with Crippen LogP contribution in [-0.2, 0) is 13.0 Å². The van der Waals surface area contributed by atoms with Crippen LogP contribution in [0.2, 0.25) is 0 Å². The van der Waals surface area contributed by atoms with E-state index < -0.39 is 5.97 Å². The van der Waals surface area contributed by atoms with E-state index in [2.05, 4.69) is 6.92 Å². The zero-order valence-corrected chi connectivity index (χ0v) is 8.29. The van der Waals surface area contributed by atoms with Gasteiger partial charge in [-0.05, 0) is 23.6 Å². The molecule has 0 aliphatic rings. The maximum atomic E-state index is 10.8. The van der Waals surface area contributed by atoms with Gasteiger partial charge < -0.3 is 10.8 Å². The van der Waals surface area contributed by atoms with Crippen LogP contribution in [0.1, 0.15) is 34.8 Å². The molecule has 0 unspecified atom stereocenters. The Balaban J connectivity index is 3.05. The molecule has 0 saturated heterocycles. The first kappa shape index (κ1) is 10.7. The Hall–Kier alpha value is -1.35. The third-order valence-electron chi connectivity index (χ3n) is 2.16. The highest BCUT2D eigenvalue weighted by atomic mass is 16.4. The molecule has 0 amide bonds. The third-order valence-corrected chi connectivity index (χ3v) is 2.16. The summed E-state index contributed by atoms with van der Waals surface area (Å²) in [6.07, 6.45) is 2.02. The van der Waals surface area contributed by atoms with E-state index in [1.165, 1.54) is 0 Å². The zero-order valence-electron chi connectivity index (χ0n) is 8.29. The van der Waals surface area contributed by atoms with Gasteiger partial charge in [0.2, 0.25) is 0 Å². The summed E-state index contributed by atoms with van der Waals surface area (Å²) in [6, 6.07) is 5.37. The van der Waals surface area contributed by atoms with Crippen LogP contribution in [0.25, 0.3) is 0 Å². The van der Waals surface area contributed by atoms with Crippen LogP contribution in [-0.4, -0.2) is 11.1 Å². The van der Waals surface area contributed by atoms with Crippen LogP contribution in [0.4, 0.5) is 0 Å². The van der Waals surface area contributed by atoms with Gasteiger partial charge in [-0.15, -0.1) is 0 Å². The van der Waals surface area contributed by atoms with Gasteiger partial charge in [-0.3, -0.25) is 0 Å². The van der Waals surface area contributed by atoms with E-state index in [9.17, 15) is 4.79 Å². The summed E-state index contributed by atoms with van der Waals surface area (Å²) < 4.78 is 0. The van der Waals surface area contributed by atoms with Crippen LogP contribution < -0.4 is 5.73 Å². The predicted octanol–water partition coefficient (Wildman–Crippen LogP) is 1.80. The van der Waals surface area contributed by atoms with Crippen molar-refractivity contribution < 1.29 is 9.90 Å². The molecule has 0 aromatic heterocycles. The van der Waals surface area contributed by atoms with Crippen LogP contribution in [0.15, 0.2) is 18.2 Å². The van der Waals surface area contributed by atoms with Crippen molar-refractivity contribution in [3.8, 4) is 0 Å². The number of benzene rings is 1. The molecule has 3 heteroatoms. The molecule has 0 spiro atoms. The lowest BCUT2D eigenvalue weighted by atomic mass is 10.0. The van der Waals surface area contributed by atoms with E-state index in [0.29, 0.717) is 11.1 Å². The van der Waals surface area contributed by atoms with Gasteiger partial charge in [0.05, 0.1) is 5.56 Å². The van der Waals surface area contributed by atoms with Crippen molar-refractivity contribution in [1.82, 2.24) is 0 Å². The molecule has 3 N–H and O–H groups in total. The molecule has 0 atom stereocenters. The summed E-state index contributed by atoms with van der Waals surface area (Å²) in [5, 5.41) is 8.86. The van der Waals surface area contributed by atoms with Crippen molar-refractivity contribution in [2.75, 3.05) is 0 Å². The minimum absolute atomic E-state index is 0.277. The molecule has 1 aromatic rings. The summed E-state index contributed by atoms with van der Waals surface area (Å²) in [5.74, 6) is -0.909. The van der Waals surface area contributed by atoms with Gasteiger partial charge in [0.15, 0.2) is 0 Å². The summed E-state index contributed by atoms with van der Waals surface area (Å²) >= 11 is 0. The van der Waals surface area contributed by atoms with Crippen molar-refractivity contribution in [2.45, 2.75) is 26.3 Å². The predicted molar refractivity (Wildman–Crippen MR) is 55.3 cm³/mol. The number of carbonyl (C=O) groups is 1. The lowest BCUT2D eigenvalue weighted by Crippen LogP contribution is -2.07. The summed E-state index contributed by atoms with van der Waals surface area (Å²) in [5.41, 5.74) is 7.66. The van der Waals surface area contributed by atoms with Crippen molar-refractivity contribution in [3.63, 3.8) is 0 Å². The fourth-order valence-electron chi connectivity index (χ4n) is 1.47. The van der Waals surface area contributed by atoms with E-state index in [-0.39, 0.29) is 6.54 Å². The van der Waals surface area contributed by atoms with Gasteiger partial charge in [-0.1, -0.05) is 25.5 Å². The van der Waals surface area contributed by atoms with Gasteiger partial charge >= 0.3 is 5.97 Å². The molecule has 14 heavy (non-hydrogen) atoms. The highest BCUT2D eigenvalue weighted by Gasteiger charge is 2.08. The molecule has 0 fully saturated rings. The Labute approximate surface area is 83.6 Å². The van der Waals surface area contributed by atoms with Gasteiger partial charge in [-0.25, -0.2) is 4.79 Å². The molecule has 1 aromatic carbocycles. The molecule has 0 saturated carbocycles. The van der Waals surface area contributed by atoms with Gasteiger partial charge in [-0.2, -0.15) is 0 Å². The molecule has 0 bridgehead atoms.